The van der Waals surface area contributed by atoms with Crippen molar-refractivity contribution in [2.45, 2.75) is 24.2 Å². The molecule has 12 heteroatoms. The molecule has 0 heterocycles. The van der Waals surface area contributed by atoms with Crippen molar-refractivity contribution in [2.24, 2.45) is 0 Å². The Labute approximate surface area is 127 Å². The first kappa shape index (κ1) is 20.0. The number of hydrogen-bond donors (Lipinski definition) is 1. The van der Waals surface area contributed by atoms with E-state index in [1.54, 1.807) is 0 Å². The number of rotatable bonds is 4. The van der Waals surface area contributed by atoms with Crippen molar-refractivity contribution < 1.29 is 48.7 Å². The summed E-state index contributed by atoms with van der Waals surface area (Å²) in [4.78, 5) is 11.5. The van der Waals surface area contributed by atoms with E-state index in [4.69, 9.17) is 0 Å². The Bertz CT molecular complexity index is 605. The minimum Gasteiger partial charge on any atom is -0.346 e. The van der Waals surface area contributed by atoms with Crippen LogP contribution < -0.4 is 5.32 Å². The molecular formula is C12H7F10NO. The number of halogens is 10. The van der Waals surface area contributed by atoms with Crippen LogP contribution in [0.3, 0.4) is 0 Å². The van der Waals surface area contributed by atoms with E-state index in [0.29, 0.717) is 12.1 Å². The van der Waals surface area contributed by atoms with Gasteiger partial charge in [-0.3, -0.25) is 4.79 Å². The smallest absolute Gasteiger partial charge is 0.346 e. The molecule has 0 saturated heterocycles. The molecular weight excluding hydrogens is 364 g/mol. The number of hydrogen-bond acceptors (Lipinski definition) is 1. The van der Waals surface area contributed by atoms with Crippen LogP contribution >= 0.6 is 0 Å². The Balaban J connectivity index is 2.99. The average molecular weight is 371 g/mol. The largest absolute Gasteiger partial charge is 0.459 e. The summed E-state index contributed by atoms with van der Waals surface area (Å²) in [5.74, 6) is -14.1. The maximum Gasteiger partial charge on any atom is 0.459 e. The highest BCUT2D eigenvalue weighted by molar-refractivity contribution is 5.95. The van der Waals surface area contributed by atoms with Gasteiger partial charge in [-0.05, 0) is 12.1 Å². The van der Waals surface area contributed by atoms with Gasteiger partial charge in [0.05, 0.1) is 17.7 Å². The first-order valence-corrected chi connectivity index (χ1v) is 5.88. The summed E-state index contributed by atoms with van der Waals surface area (Å²) >= 11 is 0. The van der Waals surface area contributed by atoms with Crippen molar-refractivity contribution in [2.75, 3.05) is 6.54 Å². The Morgan fingerprint density at radius 2 is 1.38 bits per heavy atom. The molecule has 1 amide bonds. The summed E-state index contributed by atoms with van der Waals surface area (Å²) in [7, 11) is 0. The molecule has 1 aromatic rings. The number of amides is 1. The SMILES string of the molecule is O=C(NCC(F)(F)C(F)(F)C(F)(F)F)c1ccccc1C(F)(F)F. The van der Waals surface area contributed by atoms with E-state index in [1.165, 1.54) is 0 Å². The number of carbonyl (C=O) groups excluding carboxylic acids is 1. The number of nitrogens with one attached hydrogen (secondary N) is 1. The van der Waals surface area contributed by atoms with Gasteiger partial charge in [-0.25, -0.2) is 0 Å². The van der Waals surface area contributed by atoms with Gasteiger partial charge in [-0.1, -0.05) is 12.1 Å². The van der Waals surface area contributed by atoms with Crippen LogP contribution in [0.2, 0.25) is 0 Å². The van der Waals surface area contributed by atoms with Crippen LogP contribution in [0.4, 0.5) is 43.9 Å². The molecule has 0 spiro atoms. The summed E-state index contributed by atoms with van der Waals surface area (Å²) in [6.07, 6.45) is -11.7. The first-order chi connectivity index (χ1) is 10.6. The van der Waals surface area contributed by atoms with Crippen LogP contribution in [-0.4, -0.2) is 30.5 Å². The lowest BCUT2D eigenvalue weighted by atomic mass is 10.1. The molecule has 1 rings (SSSR count). The highest BCUT2D eigenvalue weighted by Gasteiger charge is 2.72. The van der Waals surface area contributed by atoms with Crippen molar-refractivity contribution >= 4 is 5.91 Å². The van der Waals surface area contributed by atoms with Crippen LogP contribution in [-0.2, 0) is 6.18 Å². The molecule has 1 N–H and O–H groups in total. The molecule has 0 aliphatic heterocycles. The van der Waals surface area contributed by atoms with Crippen LogP contribution in [0, 0.1) is 0 Å². The number of alkyl halides is 10. The summed E-state index contributed by atoms with van der Waals surface area (Å²) < 4.78 is 125. The van der Waals surface area contributed by atoms with Gasteiger partial charge >= 0.3 is 24.2 Å². The molecule has 0 saturated carbocycles. The highest BCUT2D eigenvalue weighted by Crippen LogP contribution is 2.46. The van der Waals surface area contributed by atoms with Crippen molar-refractivity contribution in [3.63, 3.8) is 0 Å². The summed E-state index contributed by atoms with van der Waals surface area (Å²) in [5, 5.41) is 0.961. The first-order valence-electron chi connectivity index (χ1n) is 5.88. The molecule has 0 aliphatic carbocycles. The van der Waals surface area contributed by atoms with E-state index in [-0.39, 0.29) is 0 Å². The third kappa shape index (κ3) is 3.90. The molecule has 24 heavy (non-hydrogen) atoms. The standard InChI is InChI=1S/C12H7F10NO/c13-9(14,11(18,19)12(20,21)22)5-23-8(24)6-3-1-2-4-7(6)10(15,16)17/h1-4H,5H2,(H,23,24). The van der Waals surface area contributed by atoms with Gasteiger partial charge in [0.1, 0.15) is 0 Å². The maximum atomic E-state index is 13.0. The van der Waals surface area contributed by atoms with Crippen LogP contribution in [0.1, 0.15) is 15.9 Å². The molecule has 0 fully saturated rings. The van der Waals surface area contributed by atoms with Gasteiger partial charge in [0.2, 0.25) is 0 Å². The van der Waals surface area contributed by atoms with Gasteiger partial charge in [0.15, 0.2) is 0 Å². The number of carbonyl (C=O) groups is 1. The zero-order chi connectivity index (χ0) is 19.0. The van der Waals surface area contributed by atoms with Gasteiger partial charge in [0, 0.05) is 0 Å². The highest BCUT2D eigenvalue weighted by atomic mass is 19.4. The lowest BCUT2D eigenvalue weighted by Gasteiger charge is -2.28. The topological polar surface area (TPSA) is 29.1 Å². The minimum atomic E-state index is -6.61. The molecule has 2 nitrogen and oxygen atoms in total. The average Bonchev–Trinajstić information content (AvgIpc) is 2.42. The third-order valence-corrected chi connectivity index (χ3v) is 2.76. The molecule has 136 valence electrons. The van der Waals surface area contributed by atoms with Crippen molar-refractivity contribution in [1.82, 2.24) is 5.32 Å². The van der Waals surface area contributed by atoms with Gasteiger partial charge in [-0.15, -0.1) is 0 Å². The summed E-state index contributed by atoms with van der Waals surface area (Å²) in [5.41, 5.74) is -2.76. The van der Waals surface area contributed by atoms with E-state index >= 15 is 0 Å². The van der Waals surface area contributed by atoms with Crippen molar-refractivity contribution in [1.29, 1.82) is 0 Å². The second-order valence-electron chi connectivity index (χ2n) is 4.50. The zero-order valence-corrected chi connectivity index (χ0v) is 11.2. The second-order valence-corrected chi connectivity index (χ2v) is 4.50. The predicted molar refractivity (Wildman–Crippen MR) is 59.7 cm³/mol. The van der Waals surface area contributed by atoms with E-state index in [9.17, 15) is 48.7 Å². The van der Waals surface area contributed by atoms with Crippen LogP contribution in [0.15, 0.2) is 24.3 Å². The van der Waals surface area contributed by atoms with Crippen molar-refractivity contribution in [3.05, 3.63) is 35.4 Å². The fourth-order valence-electron chi connectivity index (χ4n) is 1.53. The zero-order valence-electron chi connectivity index (χ0n) is 11.2. The maximum absolute atomic E-state index is 13.0. The Morgan fingerprint density at radius 3 is 1.83 bits per heavy atom. The third-order valence-electron chi connectivity index (χ3n) is 2.76. The van der Waals surface area contributed by atoms with Crippen LogP contribution in [0.25, 0.3) is 0 Å². The summed E-state index contributed by atoms with van der Waals surface area (Å²) in [6.45, 7) is -2.51. The fourth-order valence-corrected chi connectivity index (χ4v) is 1.53. The Hall–Kier alpha value is -2.01. The van der Waals surface area contributed by atoms with Crippen LogP contribution in [0.5, 0.6) is 0 Å². The molecule has 0 aliphatic rings. The van der Waals surface area contributed by atoms with Gasteiger partial charge in [-0.2, -0.15) is 43.9 Å². The molecule has 0 radical (unpaired) electrons. The predicted octanol–water partition coefficient (Wildman–Crippen LogP) is 4.27. The molecule has 0 aromatic heterocycles. The van der Waals surface area contributed by atoms with E-state index in [1.807, 2.05) is 0 Å². The molecule has 1 aromatic carbocycles. The fraction of sp³-hybridized carbons (Fsp3) is 0.417. The Kier molecular flexibility index (Phi) is 5.12. The Morgan fingerprint density at radius 1 is 0.875 bits per heavy atom. The van der Waals surface area contributed by atoms with Crippen molar-refractivity contribution in [3.8, 4) is 0 Å². The van der Waals surface area contributed by atoms with E-state index in [0.717, 1.165) is 17.4 Å². The molecule has 0 bridgehead atoms. The molecule has 0 atom stereocenters. The van der Waals surface area contributed by atoms with Gasteiger partial charge < -0.3 is 5.32 Å². The number of benzene rings is 1. The monoisotopic (exact) mass is 371 g/mol. The van der Waals surface area contributed by atoms with Gasteiger partial charge in [0.25, 0.3) is 5.91 Å². The minimum absolute atomic E-state index is 0.414. The van der Waals surface area contributed by atoms with E-state index in [2.05, 4.69) is 0 Å². The lowest BCUT2D eigenvalue weighted by Crippen LogP contribution is -2.56. The molecule has 0 unspecified atom stereocenters. The summed E-state index contributed by atoms with van der Waals surface area (Å²) in [6, 6.07) is 2.76. The lowest BCUT2D eigenvalue weighted by molar-refractivity contribution is -0.352. The quantitative estimate of drug-likeness (QED) is 0.788. The van der Waals surface area contributed by atoms with E-state index < -0.39 is 47.8 Å². The second kappa shape index (κ2) is 6.13. The normalized spacial score (nSPS) is 13.8.